The SMILES string of the molecule is CCCCNC(=O)C1NC(=O)c2[nH]c3ccccc3c2-c2ccccc21. The van der Waals surface area contributed by atoms with Gasteiger partial charge in [-0.1, -0.05) is 55.8 Å². The molecule has 26 heavy (non-hydrogen) atoms. The van der Waals surface area contributed by atoms with Crippen molar-refractivity contribution in [3.8, 4) is 11.1 Å². The van der Waals surface area contributed by atoms with E-state index in [-0.39, 0.29) is 11.8 Å². The van der Waals surface area contributed by atoms with Gasteiger partial charge in [0.1, 0.15) is 11.7 Å². The molecule has 3 N–H and O–H groups in total. The van der Waals surface area contributed by atoms with Crippen LogP contribution in [-0.2, 0) is 4.79 Å². The fourth-order valence-electron chi connectivity index (χ4n) is 3.55. The van der Waals surface area contributed by atoms with Crippen molar-refractivity contribution < 1.29 is 9.59 Å². The fraction of sp³-hybridized carbons (Fsp3) is 0.238. The molecule has 1 aromatic heterocycles. The van der Waals surface area contributed by atoms with Crippen molar-refractivity contribution in [3.63, 3.8) is 0 Å². The van der Waals surface area contributed by atoms with Gasteiger partial charge in [0.15, 0.2) is 0 Å². The third kappa shape index (κ3) is 2.65. The van der Waals surface area contributed by atoms with E-state index in [1.54, 1.807) is 0 Å². The molecular formula is C21H21N3O2. The molecule has 0 fully saturated rings. The van der Waals surface area contributed by atoms with Gasteiger partial charge in [0.05, 0.1) is 0 Å². The second kappa shape index (κ2) is 6.67. The molecule has 1 aliphatic rings. The predicted molar refractivity (Wildman–Crippen MR) is 102 cm³/mol. The van der Waals surface area contributed by atoms with Gasteiger partial charge in [-0.2, -0.15) is 0 Å². The molecule has 0 spiro atoms. The van der Waals surface area contributed by atoms with E-state index in [1.807, 2.05) is 48.5 Å². The minimum Gasteiger partial charge on any atom is -0.354 e. The maximum Gasteiger partial charge on any atom is 0.269 e. The van der Waals surface area contributed by atoms with Crippen molar-refractivity contribution in [2.75, 3.05) is 6.54 Å². The Balaban J connectivity index is 1.84. The Labute approximate surface area is 151 Å². The number of hydrogen-bond donors (Lipinski definition) is 3. The van der Waals surface area contributed by atoms with Gasteiger partial charge in [-0.25, -0.2) is 0 Å². The van der Waals surface area contributed by atoms with E-state index < -0.39 is 6.04 Å². The Morgan fingerprint density at radius 1 is 1.12 bits per heavy atom. The van der Waals surface area contributed by atoms with Gasteiger partial charge in [-0.3, -0.25) is 9.59 Å². The highest BCUT2D eigenvalue weighted by molar-refractivity contribution is 6.12. The van der Waals surface area contributed by atoms with E-state index in [0.29, 0.717) is 12.2 Å². The largest absolute Gasteiger partial charge is 0.354 e. The molecule has 5 nitrogen and oxygen atoms in total. The van der Waals surface area contributed by atoms with Crippen LogP contribution in [0.4, 0.5) is 0 Å². The monoisotopic (exact) mass is 347 g/mol. The maximum atomic E-state index is 12.9. The summed E-state index contributed by atoms with van der Waals surface area (Å²) in [5, 5.41) is 6.81. The summed E-state index contributed by atoms with van der Waals surface area (Å²) in [6.45, 7) is 2.69. The standard InChI is InChI=1S/C21H21N3O2/c1-2-3-12-22-20(25)18-14-9-5-4-8-13(14)17-15-10-6-7-11-16(15)23-19(17)21(26)24-18/h4-11,18,23H,2-3,12H2,1H3,(H,22,25)(H,24,26). The van der Waals surface area contributed by atoms with Gasteiger partial charge in [0, 0.05) is 23.0 Å². The minimum atomic E-state index is -0.699. The van der Waals surface area contributed by atoms with Crippen LogP contribution >= 0.6 is 0 Å². The van der Waals surface area contributed by atoms with E-state index in [4.69, 9.17) is 0 Å². The zero-order valence-electron chi connectivity index (χ0n) is 14.6. The Morgan fingerprint density at radius 2 is 1.88 bits per heavy atom. The van der Waals surface area contributed by atoms with Crippen LogP contribution in [0.2, 0.25) is 0 Å². The summed E-state index contributed by atoms with van der Waals surface area (Å²) < 4.78 is 0. The Morgan fingerprint density at radius 3 is 2.73 bits per heavy atom. The summed E-state index contributed by atoms with van der Waals surface area (Å²) in [6, 6.07) is 14.9. The van der Waals surface area contributed by atoms with Crippen molar-refractivity contribution >= 4 is 22.7 Å². The highest BCUT2D eigenvalue weighted by atomic mass is 16.2. The number of rotatable bonds is 4. The molecular weight excluding hydrogens is 326 g/mol. The summed E-state index contributed by atoms with van der Waals surface area (Å²) >= 11 is 0. The van der Waals surface area contributed by atoms with Gasteiger partial charge in [0.25, 0.3) is 5.91 Å². The van der Waals surface area contributed by atoms with E-state index in [0.717, 1.165) is 40.4 Å². The van der Waals surface area contributed by atoms with E-state index in [1.165, 1.54) is 0 Å². The van der Waals surface area contributed by atoms with E-state index >= 15 is 0 Å². The van der Waals surface area contributed by atoms with E-state index in [9.17, 15) is 9.59 Å². The van der Waals surface area contributed by atoms with Crippen molar-refractivity contribution in [1.29, 1.82) is 0 Å². The lowest BCUT2D eigenvalue weighted by atomic mass is 9.94. The second-order valence-electron chi connectivity index (χ2n) is 6.56. The van der Waals surface area contributed by atoms with Gasteiger partial charge < -0.3 is 15.6 Å². The number of aromatic amines is 1. The van der Waals surface area contributed by atoms with Crippen LogP contribution in [-0.4, -0.2) is 23.3 Å². The summed E-state index contributed by atoms with van der Waals surface area (Å²) in [5.74, 6) is -0.434. The molecule has 4 rings (SSSR count). The summed E-state index contributed by atoms with van der Waals surface area (Å²) in [7, 11) is 0. The second-order valence-corrected chi connectivity index (χ2v) is 6.56. The normalized spacial score (nSPS) is 15.7. The molecule has 0 bridgehead atoms. The zero-order chi connectivity index (χ0) is 18.1. The number of carbonyl (C=O) groups excluding carboxylic acids is 2. The molecule has 2 heterocycles. The molecule has 0 aliphatic carbocycles. The molecule has 0 radical (unpaired) electrons. The van der Waals surface area contributed by atoms with Crippen LogP contribution in [0, 0.1) is 0 Å². The Hall–Kier alpha value is -3.08. The smallest absolute Gasteiger partial charge is 0.269 e. The van der Waals surface area contributed by atoms with Crippen molar-refractivity contribution in [2.24, 2.45) is 0 Å². The van der Waals surface area contributed by atoms with E-state index in [2.05, 4.69) is 22.5 Å². The number of hydrogen-bond acceptors (Lipinski definition) is 2. The molecule has 2 aromatic carbocycles. The molecule has 2 amide bonds. The van der Waals surface area contributed by atoms with Gasteiger partial charge in [-0.05, 0) is 23.6 Å². The van der Waals surface area contributed by atoms with Gasteiger partial charge in [-0.15, -0.1) is 0 Å². The topological polar surface area (TPSA) is 74.0 Å². The summed E-state index contributed by atoms with van der Waals surface area (Å²) in [6.07, 6.45) is 1.92. The number of aromatic nitrogens is 1. The first-order valence-electron chi connectivity index (χ1n) is 8.99. The number of para-hydroxylation sites is 1. The molecule has 0 saturated carbocycles. The average molecular weight is 347 g/mol. The predicted octanol–water partition coefficient (Wildman–Crippen LogP) is 3.54. The van der Waals surface area contributed by atoms with Crippen LogP contribution < -0.4 is 10.6 Å². The van der Waals surface area contributed by atoms with Crippen molar-refractivity contribution in [3.05, 3.63) is 59.8 Å². The van der Waals surface area contributed by atoms with Crippen molar-refractivity contribution in [1.82, 2.24) is 15.6 Å². The first-order chi connectivity index (χ1) is 12.7. The first kappa shape index (κ1) is 16.4. The van der Waals surface area contributed by atoms with Crippen LogP contribution in [0.5, 0.6) is 0 Å². The number of benzene rings is 2. The number of nitrogens with one attached hydrogen (secondary N) is 3. The van der Waals surface area contributed by atoms with Gasteiger partial charge >= 0.3 is 0 Å². The molecule has 1 aliphatic heterocycles. The maximum absolute atomic E-state index is 12.9. The van der Waals surface area contributed by atoms with Gasteiger partial charge in [0.2, 0.25) is 5.91 Å². The quantitative estimate of drug-likeness (QED) is 0.632. The summed E-state index contributed by atoms with van der Waals surface area (Å²) in [4.78, 5) is 28.8. The number of carbonyl (C=O) groups is 2. The Kier molecular flexibility index (Phi) is 4.21. The molecule has 1 unspecified atom stereocenters. The molecule has 132 valence electrons. The number of unbranched alkanes of at least 4 members (excludes halogenated alkanes) is 1. The van der Waals surface area contributed by atoms with Crippen LogP contribution in [0.1, 0.15) is 41.9 Å². The molecule has 5 heteroatoms. The zero-order valence-corrected chi connectivity index (χ0v) is 14.6. The third-order valence-electron chi connectivity index (χ3n) is 4.84. The summed E-state index contributed by atoms with van der Waals surface area (Å²) in [5.41, 5.74) is 4.00. The first-order valence-corrected chi connectivity index (χ1v) is 8.99. The van der Waals surface area contributed by atoms with Crippen LogP contribution in [0.3, 0.4) is 0 Å². The fourth-order valence-corrected chi connectivity index (χ4v) is 3.55. The Bertz CT molecular complexity index is 990. The highest BCUT2D eigenvalue weighted by Gasteiger charge is 2.32. The lowest BCUT2D eigenvalue weighted by Gasteiger charge is -2.18. The lowest BCUT2D eigenvalue weighted by Crippen LogP contribution is -2.40. The molecule has 3 aromatic rings. The third-order valence-corrected chi connectivity index (χ3v) is 4.84. The highest BCUT2D eigenvalue weighted by Crippen LogP contribution is 2.38. The van der Waals surface area contributed by atoms with Crippen LogP contribution in [0.15, 0.2) is 48.5 Å². The molecule has 0 saturated heterocycles. The number of amides is 2. The minimum absolute atomic E-state index is 0.172. The van der Waals surface area contributed by atoms with Crippen molar-refractivity contribution in [2.45, 2.75) is 25.8 Å². The number of fused-ring (bicyclic) bond motifs is 5. The van der Waals surface area contributed by atoms with Crippen LogP contribution in [0.25, 0.3) is 22.0 Å². The molecule has 1 atom stereocenters. The number of H-pyrrole nitrogens is 1. The lowest BCUT2D eigenvalue weighted by molar-refractivity contribution is -0.123. The average Bonchev–Trinajstić information content (AvgIpc) is 3.00.